The van der Waals surface area contributed by atoms with Gasteiger partial charge in [0.2, 0.25) is 5.89 Å². The SMILES string of the molecule is COCCn1c(N)c(C(=O)CSc2nnc(C3CCCCC3)o2)c(=O)[nH]c1=O. The number of ether oxygens (including phenoxy) is 1. The van der Waals surface area contributed by atoms with E-state index in [0.717, 1.165) is 42.0 Å². The van der Waals surface area contributed by atoms with E-state index in [4.69, 9.17) is 14.9 Å². The Labute approximate surface area is 164 Å². The van der Waals surface area contributed by atoms with Gasteiger partial charge in [-0.1, -0.05) is 31.0 Å². The molecule has 1 aliphatic carbocycles. The summed E-state index contributed by atoms with van der Waals surface area (Å²) in [6.45, 7) is 0.338. The highest BCUT2D eigenvalue weighted by Gasteiger charge is 2.23. The first-order chi connectivity index (χ1) is 13.5. The summed E-state index contributed by atoms with van der Waals surface area (Å²) < 4.78 is 11.7. The maximum atomic E-state index is 12.5. The molecule has 10 nitrogen and oxygen atoms in total. The monoisotopic (exact) mass is 409 g/mol. The lowest BCUT2D eigenvalue weighted by Gasteiger charge is -2.17. The lowest BCUT2D eigenvalue weighted by molar-refractivity contribution is 0.102. The van der Waals surface area contributed by atoms with E-state index >= 15 is 0 Å². The molecule has 0 saturated heterocycles. The number of thioether (sulfide) groups is 1. The van der Waals surface area contributed by atoms with Gasteiger partial charge in [-0.2, -0.15) is 0 Å². The third kappa shape index (κ3) is 4.53. The average Bonchev–Trinajstić information content (AvgIpc) is 3.16. The molecule has 1 fully saturated rings. The third-order valence-corrected chi connectivity index (χ3v) is 5.56. The van der Waals surface area contributed by atoms with Crippen LogP contribution in [0.3, 0.4) is 0 Å². The van der Waals surface area contributed by atoms with E-state index in [1.165, 1.54) is 13.5 Å². The molecule has 0 spiro atoms. The fraction of sp³-hybridized carbons (Fsp3) is 0.588. The number of aromatic amines is 1. The minimum Gasteiger partial charge on any atom is -0.416 e. The smallest absolute Gasteiger partial charge is 0.330 e. The summed E-state index contributed by atoms with van der Waals surface area (Å²) in [6, 6.07) is 0. The molecule has 1 saturated carbocycles. The van der Waals surface area contributed by atoms with E-state index in [9.17, 15) is 14.4 Å². The Bertz CT molecular complexity index is 944. The van der Waals surface area contributed by atoms with E-state index in [1.54, 1.807) is 0 Å². The molecule has 28 heavy (non-hydrogen) atoms. The minimum atomic E-state index is -0.810. The molecule has 2 heterocycles. The number of nitrogens with zero attached hydrogens (tertiary/aromatic N) is 3. The number of hydrogen-bond donors (Lipinski definition) is 2. The molecule has 1 aliphatic rings. The summed E-state index contributed by atoms with van der Waals surface area (Å²) in [6.07, 6.45) is 5.58. The number of carbonyl (C=O) groups is 1. The van der Waals surface area contributed by atoms with Crippen LogP contribution in [0.25, 0.3) is 0 Å². The second kappa shape index (κ2) is 9.20. The highest BCUT2D eigenvalue weighted by atomic mass is 32.2. The quantitative estimate of drug-likeness (QED) is 0.484. The highest BCUT2D eigenvalue weighted by Crippen LogP contribution is 2.33. The largest absolute Gasteiger partial charge is 0.416 e. The van der Waals surface area contributed by atoms with Crippen LogP contribution in [-0.2, 0) is 11.3 Å². The Balaban J connectivity index is 1.70. The van der Waals surface area contributed by atoms with Crippen molar-refractivity contribution in [1.82, 2.24) is 19.7 Å². The van der Waals surface area contributed by atoms with E-state index < -0.39 is 17.0 Å². The van der Waals surface area contributed by atoms with Crippen molar-refractivity contribution in [3.05, 3.63) is 32.3 Å². The van der Waals surface area contributed by atoms with E-state index in [0.29, 0.717) is 5.89 Å². The Morgan fingerprint density at radius 1 is 1.32 bits per heavy atom. The fourth-order valence-electron chi connectivity index (χ4n) is 3.25. The van der Waals surface area contributed by atoms with Gasteiger partial charge in [0.05, 0.1) is 18.9 Å². The Morgan fingerprint density at radius 2 is 2.07 bits per heavy atom. The molecule has 3 rings (SSSR count). The molecule has 0 amide bonds. The number of anilines is 1. The topological polar surface area (TPSA) is 146 Å². The highest BCUT2D eigenvalue weighted by molar-refractivity contribution is 7.99. The van der Waals surface area contributed by atoms with Crippen LogP contribution in [-0.4, -0.2) is 45.0 Å². The van der Waals surface area contributed by atoms with Crippen LogP contribution < -0.4 is 17.0 Å². The van der Waals surface area contributed by atoms with Crippen LogP contribution in [0, 0.1) is 0 Å². The van der Waals surface area contributed by atoms with Crippen LogP contribution >= 0.6 is 11.8 Å². The number of methoxy groups -OCH3 is 1. The van der Waals surface area contributed by atoms with Crippen LogP contribution in [0.1, 0.15) is 54.3 Å². The van der Waals surface area contributed by atoms with Crippen molar-refractivity contribution in [3.8, 4) is 0 Å². The van der Waals surface area contributed by atoms with Gasteiger partial charge in [0, 0.05) is 13.0 Å². The average molecular weight is 409 g/mol. The molecule has 0 aromatic carbocycles. The van der Waals surface area contributed by atoms with Crippen molar-refractivity contribution in [1.29, 1.82) is 0 Å². The van der Waals surface area contributed by atoms with Crippen LogP contribution in [0.4, 0.5) is 5.82 Å². The van der Waals surface area contributed by atoms with Gasteiger partial charge >= 0.3 is 5.69 Å². The molecule has 0 aliphatic heterocycles. The van der Waals surface area contributed by atoms with E-state index in [2.05, 4.69) is 15.2 Å². The van der Waals surface area contributed by atoms with E-state index in [-0.39, 0.29) is 41.4 Å². The number of nitrogens with one attached hydrogen (secondary N) is 1. The summed E-state index contributed by atoms with van der Waals surface area (Å²) in [5.74, 6) is 0.0635. The lowest BCUT2D eigenvalue weighted by atomic mass is 9.89. The summed E-state index contributed by atoms with van der Waals surface area (Å²) >= 11 is 1.04. The van der Waals surface area contributed by atoms with Crippen molar-refractivity contribution in [3.63, 3.8) is 0 Å². The van der Waals surface area contributed by atoms with Gasteiger partial charge in [-0.05, 0) is 12.8 Å². The number of nitrogens with two attached hydrogens (primary N) is 1. The fourth-order valence-corrected chi connectivity index (χ4v) is 3.90. The predicted octanol–water partition coefficient (Wildman–Crippen LogP) is 1.17. The Kier molecular flexibility index (Phi) is 6.68. The van der Waals surface area contributed by atoms with Crippen molar-refractivity contribution in [2.24, 2.45) is 0 Å². The van der Waals surface area contributed by atoms with Crippen molar-refractivity contribution in [2.45, 2.75) is 49.8 Å². The van der Waals surface area contributed by atoms with Gasteiger partial charge in [0.1, 0.15) is 11.4 Å². The standard InChI is InChI=1S/C17H23N5O5S/c1-26-8-7-22-13(18)12(14(24)19-16(22)25)11(23)9-28-17-21-20-15(27-17)10-5-3-2-4-6-10/h10H,2-9,18H2,1H3,(H,19,24,25). The number of carbonyl (C=O) groups excluding carboxylic acids is 1. The summed E-state index contributed by atoms with van der Waals surface area (Å²) in [5, 5.41) is 8.34. The molecule has 11 heteroatoms. The first kappa shape index (κ1) is 20.3. The summed E-state index contributed by atoms with van der Waals surface area (Å²) in [4.78, 5) is 38.7. The van der Waals surface area contributed by atoms with Gasteiger partial charge in [-0.15, -0.1) is 10.2 Å². The lowest BCUT2D eigenvalue weighted by Crippen LogP contribution is -2.37. The van der Waals surface area contributed by atoms with E-state index in [1.807, 2.05) is 0 Å². The van der Waals surface area contributed by atoms with Crippen LogP contribution in [0.15, 0.2) is 19.2 Å². The summed E-state index contributed by atoms with van der Waals surface area (Å²) in [5.41, 5.74) is 4.16. The first-order valence-corrected chi connectivity index (χ1v) is 10.1. The third-order valence-electron chi connectivity index (χ3n) is 4.74. The van der Waals surface area contributed by atoms with Gasteiger partial charge in [-0.3, -0.25) is 19.1 Å². The molecule has 0 bridgehead atoms. The minimum absolute atomic E-state index is 0.109. The maximum Gasteiger partial charge on any atom is 0.330 e. The number of Topliss-reactive ketones (excluding diaryl/α,β-unsaturated/α-hetero) is 1. The molecule has 0 unspecified atom stereocenters. The van der Waals surface area contributed by atoms with Gasteiger partial charge in [0.15, 0.2) is 5.78 Å². The number of H-pyrrole nitrogens is 1. The van der Waals surface area contributed by atoms with Gasteiger partial charge < -0.3 is 14.9 Å². The molecular formula is C17H23N5O5S. The second-order valence-electron chi connectivity index (χ2n) is 6.62. The Morgan fingerprint density at radius 3 is 2.79 bits per heavy atom. The molecule has 0 atom stereocenters. The first-order valence-electron chi connectivity index (χ1n) is 9.12. The van der Waals surface area contributed by atoms with Crippen molar-refractivity contribution in [2.75, 3.05) is 25.2 Å². The molecule has 0 radical (unpaired) electrons. The van der Waals surface area contributed by atoms with Crippen molar-refractivity contribution >= 4 is 23.4 Å². The summed E-state index contributed by atoms with van der Waals surface area (Å²) in [7, 11) is 1.47. The normalized spacial score (nSPS) is 15.0. The number of hydrogen-bond acceptors (Lipinski definition) is 9. The molecule has 2 aromatic rings. The number of nitrogen functional groups attached to an aromatic ring is 1. The molecular weight excluding hydrogens is 386 g/mol. The zero-order valence-electron chi connectivity index (χ0n) is 15.6. The van der Waals surface area contributed by atoms with Gasteiger partial charge in [0.25, 0.3) is 10.8 Å². The van der Waals surface area contributed by atoms with Crippen LogP contribution in [0.2, 0.25) is 0 Å². The number of ketones is 1. The number of aromatic nitrogens is 4. The Hall–Kier alpha value is -2.40. The van der Waals surface area contributed by atoms with Crippen LogP contribution in [0.5, 0.6) is 0 Å². The predicted molar refractivity (Wildman–Crippen MR) is 103 cm³/mol. The maximum absolute atomic E-state index is 12.5. The molecule has 152 valence electrons. The second-order valence-corrected chi connectivity index (χ2v) is 7.54. The molecule has 2 aromatic heterocycles. The molecule has 3 N–H and O–H groups in total. The van der Waals surface area contributed by atoms with Crippen molar-refractivity contribution < 1.29 is 13.9 Å². The zero-order chi connectivity index (χ0) is 20.1. The number of rotatable bonds is 8. The van der Waals surface area contributed by atoms with Gasteiger partial charge in [-0.25, -0.2) is 4.79 Å². The zero-order valence-corrected chi connectivity index (χ0v) is 16.4.